The highest BCUT2D eigenvalue weighted by Crippen LogP contribution is 2.39. The maximum atomic E-state index is 13.0. The molecule has 160 valence electrons. The van der Waals surface area contributed by atoms with Gasteiger partial charge >= 0.3 is 0 Å². The van der Waals surface area contributed by atoms with Gasteiger partial charge in [0.05, 0.1) is 29.9 Å². The van der Waals surface area contributed by atoms with Crippen LogP contribution in [0.15, 0.2) is 24.7 Å². The van der Waals surface area contributed by atoms with Crippen molar-refractivity contribution in [3.05, 3.63) is 41.5 Å². The summed E-state index contributed by atoms with van der Waals surface area (Å²) in [6.07, 6.45) is 8.67. The molecule has 5 heterocycles. The van der Waals surface area contributed by atoms with E-state index in [0.29, 0.717) is 38.2 Å². The topological polar surface area (TPSA) is 81.5 Å². The molecule has 2 fully saturated rings. The molecule has 8 nitrogen and oxygen atoms in total. The summed E-state index contributed by atoms with van der Waals surface area (Å²) in [7, 11) is 1.93. The molecule has 3 aliphatic heterocycles. The number of aryl methyl sites for hydroxylation is 1. The third-order valence-electron chi connectivity index (χ3n) is 6.61. The third kappa shape index (κ3) is 3.70. The van der Waals surface area contributed by atoms with Gasteiger partial charge in [0.1, 0.15) is 0 Å². The van der Waals surface area contributed by atoms with Crippen LogP contribution in [0.1, 0.15) is 40.9 Å². The van der Waals surface area contributed by atoms with Crippen LogP contribution in [0.25, 0.3) is 0 Å². The molecule has 1 spiro atoms. The number of anilines is 1. The molecule has 0 radical (unpaired) electrons. The molecule has 8 heteroatoms. The van der Waals surface area contributed by atoms with Gasteiger partial charge in [-0.2, -0.15) is 0 Å². The fraction of sp³-hybridized carbons (Fsp3) is 0.591. The van der Waals surface area contributed by atoms with E-state index in [-0.39, 0.29) is 11.3 Å². The number of aromatic nitrogens is 3. The van der Waals surface area contributed by atoms with E-state index >= 15 is 0 Å². The Kier molecular flexibility index (Phi) is 5.20. The van der Waals surface area contributed by atoms with Crippen molar-refractivity contribution in [2.24, 2.45) is 13.0 Å². The number of carbonyl (C=O) groups excluding carboxylic acids is 1. The Balaban J connectivity index is 1.33. The number of likely N-dealkylation sites (tertiary alicyclic amines) is 1. The highest BCUT2D eigenvalue weighted by molar-refractivity contribution is 5.94. The highest BCUT2D eigenvalue weighted by Gasteiger charge is 2.46. The second-order valence-corrected chi connectivity index (χ2v) is 8.82. The largest absolute Gasteiger partial charge is 0.381 e. The molecular formula is C22H29N5O3. The number of nitrogens with one attached hydrogen (secondary N) is 1. The van der Waals surface area contributed by atoms with Gasteiger partial charge in [-0.1, -0.05) is 0 Å². The average molecular weight is 412 g/mol. The van der Waals surface area contributed by atoms with Gasteiger partial charge < -0.3 is 24.3 Å². The zero-order chi connectivity index (χ0) is 20.6. The van der Waals surface area contributed by atoms with Crippen molar-refractivity contribution in [3.63, 3.8) is 0 Å². The van der Waals surface area contributed by atoms with Crippen molar-refractivity contribution < 1.29 is 14.3 Å². The normalized spacial score (nSPS) is 24.2. The van der Waals surface area contributed by atoms with E-state index in [0.717, 1.165) is 55.8 Å². The molecule has 1 amide bonds. The SMILES string of the molecule is Cn1ccc(C(=O)N2CC[C@]3(COCc4cnc(NCC5CCOCC5)nc43)C2)c1. The van der Waals surface area contributed by atoms with Crippen molar-refractivity contribution in [1.82, 2.24) is 19.4 Å². The fourth-order valence-electron chi connectivity index (χ4n) is 4.84. The third-order valence-corrected chi connectivity index (χ3v) is 6.61. The average Bonchev–Trinajstić information content (AvgIpc) is 3.40. The van der Waals surface area contributed by atoms with Crippen LogP contribution in [0.2, 0.25) is 0 Å². The van der Waals surface area contributed by atoms with Crippen LogP contribution < -0.4 is 5.32 Å². The second kappa shape index (κ2) is 8.00. The van der Waals surface area contributed by atoms with Crippen molar-refractivity contribution in [2.45, 2.75) is 31.3 Å². The Morgan fingerprint density at radius 1 is 1.33 bits per heavy atom. The highest BCUT2D eigenvalue weighted by atomic mass is 16.5. The molecule has 3 aliphatic rings. The zero-order valence-electron chi connectivity index (χ0n) is 17.5. The maximum absolute atomic E-state index is 13.0. The summed E-state index contributed by atoms with van der Waals surface area (Å²) in [5.74, 6) is 1.35. The molecule has 0 aliphatic carbocycles. The lowest BCUT2D eigenvalue weighted by molar-refractivity contribution is 0.0485. The molecule has 30 heavy (non-hydrogen) atoms. The monoisotopic (exact) mass is 411 g/mol. The Morgan fingerprint density at radius 3 is 3.00 bits per heavy atom. The Morgan fingerprint density at radius 2 is 2.20 bits per heavy atom. The van der Waals surface area contributed by atoms with Crippen LogP contribution in [-0.2, 0) is 28.5 Å². The summed E-state index contributed by atoms with van der Waals surface area (Å²) in [5, 5.41) is 3.43. The minimum atomic E-state index is -0.254. The first kappa shape index (κ1) is 19.5. The van der Waals surface area contributed by atoms with Crippen molar-refractivity contribution in [1.29, 1.82) is 0 Å². The molecule has 2 aromatic heterocycles. The first-order valence-electron chi connectivity index (χ1n) is 10.8. The van der Waals surface area contributed by atoms with Gasteiger partial charge in [-0.25, -0.2) is 9.97 Å². The van der Waals surface area contributed by atoms with Gasteiger partial charge in [0.15, 0.2) is 0 Å². The van der Waals surface area contributed by atoms with E-state index in [1.54, 1.807) is 0 Å². The minimum absolute atomic E-state index is 0.0755. The number of rotatable bonds is 4. The molecule has 0 saturated carbocycles. The van der Waals surface area contributed by atoms with Gasteiger partial charge in [-0.3, -0.25) is 4.79 Å². The van der Waals surface area contributed by atoms with E-state index in [1.165, 1.54) is 0 Å². The van der Waals surface area contributed by atoms with E-state index in [1.807, 2.05) is 41.2 Å². The summed E-state index contributed by atoms with van der Waals surface area (Å²) in [6.45, 7) is 5.00. The van der Waals surface area contributed by atoms with Crippen molar-refractivity contribution in [3.8, 4) is 0 Å². The van der Waals surface area contributed by atoms with Crippen molar-refractivity contribution in [2.75, 3.05) is 44.8 Å². The van der Waals surface area contributed by atoms with E-state index in [4.69, 9.17) is 14.5 Å². The van der Waals surface area contributed by atoms with Gasteiger partial charge in [0.2, 0.25) is 5.95 Å². The Bertz CT molecular complexity index is 923. The molecule has 2 aromatic rings. The van der Waals surface area contributed by atoms with Crippen LogP contribution in [-0.4, -0.2) is 64.8 Å². The Labute approximate surface area is 176 Å². The van der Waals surface area contributed by atoms with Gasteiger partial charge in [0.25, 0.3) is 5.91 Å². The van der Waals surface area contributed by atoms with Crippen LogP contribution in [0.4, 0.5) is 5.95 Å². The standard InChI is InChI=1S/C22H29N5O3/c1-26-6-2-17(12-26)20(28)27-7-5-22(14-27)15-30-13-18-11-24-21(25-19(18)22)23-10-16-3-8-29-9-4-16/h2,6,11-12,16H,3-5,7-10,13-15H2,1H3,(H,23,24,25)/t22-/m1/s1. The molecule has 1 N–H and O–H groups in total. The van der Waals surface area contributed by atoms with E-state index in [2.05, 4.69) is 10.3 Å². The summed E-state index contributed by atoms with van der Waals surface area (Å²) >= 11 is 0. The van der Waals surface area contributed by atoms with Crippen LogP contribution >= 0.6 is 0 Å². The van der Waals surface area contributed by atoms with E-state index < -0.39 is 0 Å². The number of ether oxygens (including phenoxy) is 2. The zero-order valence-corrected chi connectivity index (χ0v) is 17.5. The number of fused-ring (bicyclic) bond motifs is 2. The Hall–Kier alpha value is -2.45. The maximum Gasteiger partial charge on any atom is 0.255 e. The van der Waals surface area contributed by atoms with Gasteiger partial charge in [-0.15, -0.1) is 0 Å². The number of carbonyl (C=O) groups is 1. The lowest BCUT2D eigenvalue weighted by Crippen LogP contribution is -2.41. The summed E-state index contributed by atoms with van der Waals surface area (Å²) in [5.41, 5.74) is 2.55. The van der Waals surface area contributed by atoms with Gasteiger partial charge in [0, 0.05) is 64.0 Å². The number of amides is 1. The first-order chi connectivity index (χ1) is 14.6. The smallest absolute Gasteiger partial charge is 0.255 e. The van der Waals surface area contributed by atoms with E-state index in [9.17, 15) is 4.79 Å². The number of hydrogen-bond acceptors (Lipinski definition) is 6. The second-order valence-electron chi connectivity index (χ2n) is 8.82. The minimum Gasteiger partial charge on any atom is -0.381 e. The van der Waals surface area contributed by atoms with Crippen LogP contribution in [0.3, 0.4) is 0 Å². The summed E-state index contributed by atoms with van der Waals surface area (Å²) in [4.78, 5) is 24.3. The predicted octanol–water partition coefficient (Wildman–Crippen LogP) is 1.97. The molecular weight excluding hydrogens is 382 g/mol. The summed E-state index contributed by atoms with van der Waals surface area (Å²) in [6, 6.07) is 1.87. The lowest BCUT2D eigenvalue weighted by atomic mass is 9.80. The van der Waals surface area contributed by atoms with Gasteiger partial charge in [-0.05, 0) is 31.2 Å². The predicted molar refractivity (Wildman–Crippen MR) is 111 cm³/mol. The molecule has 0 aromatic carbocycles. The summed E-state index contributed by atoms with van der Waals surface area (Å²) < 4.78 is 13.3. The molecule has 0 unspecified atom stereocenters. The van der Waals surface area contributed by atoms with Crippen LogP contribution in [0, 0.1) is 5.92 Å². The first-order valence-corrected chi connectivity index (χ1v) is 10.8. The molecule has 1 atom stereocenters. The molecule has 5 rings (SSSR count). The fourth-order valence-corrected chi connectivity index (χ4v) is 4.84. The lowest BCUT2D eigenvalue weighted by Gasteiger charge is -2.34. The quantitative estimate of drug-likeness (QED) is 0.829. The molecule has 2 saturated heterocycles. The van der Waals surface area contributed by atoms with Crippen LogP contribution in [0.5, 0.6) is 0 Å². The number of hydrogen-bond donors (Lipinski definition) is 1. The van der Waals surface area contributed by atoms with Crippen molar-refractivity contribution >= 4 is 11.9 Å². The number of nitrogens with zero attached hydrogens (tertiary/aromatic N) is 4. The molecule has 0 bridgehead atoms.